The molecule has 0 radical (unpaired) electrons. The Kier molecular flexibility index (Phi) is 43.7. The summed E-state index contributed by atoms with van der Waals surface area (Å²) >= 11 is 0. The van der Waals surface area contributed by atoms with Crippen LogP contribution in [-0.2, 0) is 85.6 Å². The van der Waals surface area contributed by atoms with Crippen molar-refractivity contribution < 1.29 is 92.9 Å². The summed E-state index contributed by atoms with van der Waals surface area (Å²) in [7, 11) is -1.22. The minimum Gasteiger partial charge on any atom is -2.00 e. The number of benzene rings is 2. The van der Waals surface area contributed by atoms with Crippen LogP contribution in [0.5, 0.6) is 11.5 Å². The van der Waals surface area contributed by atoms with Crippen molar-refractivity contribution in [2.75, 3.05) is 25.0 Å². The quantitative estimate of drug-likeness (QED) is 0.148. The molecule has 0 unspecified atom stereocenters. The molecule has 0 aliphatic carbocycles. The van der Waals surface area contributed by atoms with E-state index in [-0.39, 0.29) is 86.7 Å². The maximum atomic E-state index is 11.5. The summed E-state index contributed by atoms with van der Waals surface area (Å²) in [6.07, 6.45) is 8.20. The Bertz CT molecular complexity index is 969. The molecule has 2 aromatic rings. The first kappa shape index (κ1) is 53.1. The normalized spacial score (nSPS) is 10.1. The number of para-hydroxylation sites is 2. The van der Waals surface area contributed by atoms with Gasteiger partial charge in [-0.15, -0.1) is 0 Å². The van der Waals surface area contributed by atoms with E-state index in [9.17, 15) is 28.8 Å². The molecule has 0 spiro atoms. The zero-order valence-electron chi connectivity index (χ0n) is 21.0. The van der Waals surface area contributed by atoms with Crippen LogP contribution in [-0.4, -0.2) is 57.7 Å². The molecule has 14 nitrogen and oxygen atoms in total. The first-order chi connectivity index (χ1) is 15.5. The van der Waals surface area contributed by atoms with Gasteiger partial charge in [-0.1, -0.05) is 60.0 Å². The third-order valence-corrected chi connectivity index (χ3v) is 2.87. The second-order valence-electron chi connectivity index (χ2n) is 6.21. The summed E-state index contributed by atoms with van der Waals surface area (Å²) in [6.45, 7) is 0. The Hall–Kier alpha value is -2.16. The average molecular weight is 748 g/mol. The van der Waals surface area contributed by atoms with Gasteiger partial charge in [0.15, 0.2) is 0 Å². The largest absolute Gasteiger partial charge is 2.00 e. The zero-order chi connectivity index (χ0) is 25.2. The van der Waals surface area contributed by atoms with E-state index in [4.69, 9.17) is 0 Å². The van der Waals surface area contributed by atoms with Crippen LogP contribution >= 0.6 is 0 Å². The van der Waals surface area contributed by atoms with E-state index in [0.29, 0.717) is 0 Å². The Morgan fingerprint density at radius 3 is 1.18 bits per heavy atom. The molecule has 224 valence electrons. The number of nitrogens with zero attached hydrogens (tertiary/aromatic N) is 4. The minimum atomic E-state index is -0.826. The monoisotopic (exact) mass is 752 g/mol. The van der Waals surface area contributed by atoms with Gasteiger partial charge in [0.25, 0.3) is 0 Å². The van der Waals surface area contributed by atoms with E-state index in [1.165, 1.54) is 24.3 Å². The van der Waals surface area contributed by atoms with E-state index >= 15 is 0 Å². The fraction of sp³-hybridized carbons (Fsp3) is 0.238. The first-order valence-electron chi connectivity index (χ1n) is 9.09. The van der Waals surface area contributed by atoms with E-state index in [2.05, 4.69) is 20.4 Å². The van der Waals surface area contributed by atoms with Crippen LogP contribution < -0.4 is 20.4 Å². The molecule has 0 N–H and O–H groups in total. The Morgan fingerprint density at radius 1 is 0.667 bits per heavy atom. The molecule has 0 aliphatic rings. The summed E-state index contributed by atoms with van der Waals surface area (Å²) in [4.78, 5) is 0. The Balaban J connectivity index is -0.000000130. The predicted molar refractivity (Wildman–Crippen MR) is 129 cm³/mol. The van der Waals surface area contributed by atoms with Gasteiger partial charge in [-0.25, -0.2) is 0 Å². The maximum Gasteiger partial charge on any atom is 0.0561 e. The molecule has 0 saturated heterocycles. The van der Waals surface area contributed by atoms with Crippen molar-refractivity contribution in [1.29, 1.82) is 0 Å². The van der Waals surface area contributed by atoms with Crippen molar-refractivity contribution in [2.24, 2.45) is 20.4 Å². The van der Waals surface area contributed by atoms with Crippen LogP contribution in [0.4, 0.5) is 0 Å². The molecule has 0 bridgehead atoms. The fourth-order valence-electron chi connectivity index (χ4n) is 1.69. The smallest absolute Gasteiger partial charge is 0.0561 e. The molecule has 0 saturated carbocycles. The summed E-state index contributed by atoms with van der Waals surface area (Å²) in [5.41, 5.74) is 0.548. The summed E-state index contributed by atoms with van der Waals surface area (Å²) in [5, 5.41) is 59.3. The molecular weight excluding hydrogens is 724 g/mol. The first-order valence-corrected chi connectivity index (χ1v) is 13.0. The molecule has 0 atom stereocenters. The van der Waals surface area contributed by atoms with E-state index < -0.39 is 39.8 Å². The topological polar surface area (TPSA) is 290 Å². The molecule has 0 aliphatic heterocycles. The van der Waals surface area contributed by atoms with Gasteiger partial charge in [-0.05, 0) is 22.9 Å². The van der Waals surface area contributed by atoms with Crippen molar-refractivity contribution >= 4 is 45.8 Å². The standard InChI is InChI=1S/C17H16N4O4.2C2H6OS.2Mo.4O/c22-14-7-3-1-5-12(14)10-18-20-16(24)9-17(25)21-19-11-13-6-2-4-8-15(13)23;2*1-4(2)3;;;;;;/h1-8,10-11,22-23H,9H2,(H,20,24)(H,21,25);2*1-2H3;;;;;;/q;;;;;4*-2/p-4/b18-10+,19-11+;;;;;;;;. The molecule has 2 rings (SSSR count). The van der Waals surface area contributed by atoms with Crippen LogP contribution in [0.1, 0.15) is 17.5 Å². The second kappa shape index (κ2) is 32.1. The van der Waals surface area contributed by atoms with Crippen molar-refractivity contribution in [3.63, 3.8) is 0 Å². The Labute approximate surface area is 260 Å². The van der Waals surface area contributed by atoms with Crippen LogP contribution in [0.15, 0.2) is 68.9 Å². The SMILES string of the molecule is CS(C)=O.CS(C)=O.[Mo].[Mo].[O-2].[O-2].[O-2].[O-2].[O-]/C(C/C([O-])=N/N=C/c1ccccc1[O-])=N\N=C\c1ccccc1[O-]. The van der Waals surface area contributed by atoms with Gasteiger partial charge >= 0.3 is 0 Å². The minimum absolute atomic E-state index is 0. The fourth-order valence-corrected chi connectivity index (χ4v) is 1.69. The predicted octanol–water partition coefficient (Wildman–Crippen LogP) is -1.38. The van der Waals surface area contributed by atoms with Gasteiger partial charge in [0, 0.05) is 95.2 Å². The maximum absolute atomic E-state index is 11.5. The van der Waals surface area contributed by atoms with Crippen LogP contribution in [0, 0.1) is 0 Å². The third-order valence-electron chi connectivity index (χ3n) is 2.87. The van der Waals surface area contributed by atoms with Gasteiger partial charge in [0.05, 0.1) is 12.4 Å². The molecule has 0 fully saturated rings. The molecule has 18 heteroatoms. The summed E-state index contributed by atoms with van der Waals surface area (Å²) in [5.74, 6) is -2.17. The Morgan fingerprint density at radius 2 is 0.923 bits per heavy atom. The molecular formula is C21H24Mo2N4O10S2-12. The molecule has 2 aromatic carbocycles. The van der Waals surface area contributed by atoms with Crippen LogP contribution in [0.25, 0.3) is 0 Å². The van der Waals surface area contributed by atoms with E-state index in [1.54, 1.807) is 49.3 Å². The third kappa shape index (κ3) is 31.9. The summed E-state index contributed by atoms with van der Waals surface area (Å²) < 4.78 is 19.1. The van der Waals surface area contributed by atoms with Crippen LogP contribution in [0.3, 0.4) is 0 Å². The molecule has 0 heterocycles. The van der Waals surface area contributed by atoms with Crippen molar-refractivity contribution in [2.45, 2.75) is 6.42 Å². The summed E-state index contributed by atoms with van der Waals surface area (Å²) in [6, 6.07) is 12.2. The number of hydrogen-bond acceptors (Lipinski definition) is 10. The number of hydrogen-bond donors (Lipinski definition) is 0. The number of rotatable bonds is 6. The van der Waals surface area contributed by atoms with Gasteiger partial charge in [-0.2, -0.15) is 20.4 Å². The average Bonchev–Trinajstić information content (AvgIpc) is 2.70. The second-order valence-corrected chi connectivity index (χ2v) is 9.18. The van der Waals surface area contributed by atoms with Gasteiger partial charge in [-0.3, -0.25) is 8.42 Å². The molecule has 0 aromatic heterocycles. The van der Waals surface area contributed by atoms with Gasteiger partial charge < -0.3 is 42.3 Å². The molecule has 0 amide bonds. The zero-order valence-corrected chi connectivity index (χ0v) is 26.6. The van der Waals surface area contributed by atoms with Crippen LogP contribution in [0.2, 0.25) is 0 Å². The van der Waals surface area contributed by atoms with Crippen molar-refractivity contribution in [3.8, 4) is 11.5 Å². The van der Waals surface area contributed by atoms with Crippen molar-refractivity contribution in [1.82, 2.24) is 0 Å². The molecule has 39 heavy (non-hydrogen) atoms. The van der Waals surface area contributed by atoms with Gasteiger partial charge in [0.2, 0.25) is 0 Å². The van der Waals surface area contributed by atoms with Gasteiger partial charge in [0.1, 0.15) is 0 Å². The van der Waals surface area contributed by atoms with E-state index in [0.717, 1.165) is 12.4 Å². The van der Waals surface area contributed by atoms with E-state index in [1.807, 2.05) is 0 Å². The van der Waals surface area contributed by atoms with Crippen molar-refractivity contribution in [3.05, 3.63) is 59.7 Å².